The van der Waals surface area contributed by atoms with Crippen LogP contribution in [0.5, 0.6) is 5.75 Å². The Kier molecular flexibility index (Phi) is 6.78. The Morgan fingerprint density at radius 1 is 1.06 bits per heavy atom. The van der Waals surface area contributed by atoms with Crippen LogP contribution in [0.15, 0.2) is 52.7 Å². The van der Waals surface area contributed by atoms with Gasteiger partial charge in [0.25, 0.3) is 0 Å². The van der Waals surface area contributed by atoms with E-state index in [1.54, 1.807) is 27.8 Å². The Balaban J connectivity index is 1.49. The van der Waals surface area contributed by atoms with Crippen LogP contribution in [-0.2, 0) is 10.0 Å². The van der Waals surface area contributed by atoms with Crippen LogP contribution in [0.4, 0.5) is 5.82 Å². The quantitative estimate of drug-likeness (QED) is 0.512. The molecule has 170 valence electrons. The van der Waals surface area contributed by atoms with Crippen molar-refractivity contribution in [3.8, 4) is 16.3 Å². The molecule has 0 amide bonds. The van der Waals surface area contributed by atoms with Crippen LogP contribution in [0.25, 0.3) is 10.6 Å². The summed E-state index contributed by atoms with van der Waals surface area (Å²) in [5.74, 6) is 1.40. The lowest BCUT2D eigenvalue weighted by atomic mass is 10.0. The molecule has 0 unspecified atom stereocenters. The highest BCUT2D eigenvalue weighted by Crippen LogP contribution is 2.31. The molecular weight excluding hydrogens is 444 g/mol. The maximum absolute atomic E-state index is 13.5. The second-order valence-corrected chi connectivity index (χ2v) is 10.8. The number of nitrogens with zero attached hydrogens (tertiary/aromatic N) is 4. The Labute approximate surface area is 193 Å². The zero-order valence-corrected chi connectivity index (χ0v) is 20.2. The number of anilines is 1. The van der Waals surface area contributed by atoms with Crippen molar-refractivity contribution >= 4 is 27.2 Å². The molecule has 32 heavy (non-hydrogen) atoms. The van der Waals surface area contributed by atoms with Crippen LogP contribution in [-0.4, -0.2) is 55.7 Å². The molecule has 0 atom stereocenters. The van der Waals surface area contributed by atoms with Crippen LogP contribution in [0.3, 0.4) is 0 Å². The number of aromatic nitrogens is 2. The topological polar surface area (TPSA) is 75.6 Å². The largest absolute Gasteiger partial charge is 0.492 e. The smallest absolute Gasteiger partial charge is 0.246 e. The van der Waals surface area contributed by atoms with Crippen molar-refractivity contribution < 1.29 is 13.2 Å². The van der Waals surface area contributed by atoms with Gasteiger partial charge in [0.2, 0.25) is 10.0 Å². The lowest BCUT2D eigenvalue weighted by Crippen LogP contribution is -2.49. The molecule has 1 aliphatic heterocycles. The fourth-order valence-electron chi connectivity index (χ4n) is 3.71. The molecule has 0 radical (unpaired) electrons. The Morgan fingerprint density at radius 2 is 1.84 bits per heavy atom. The summed E-state index contributed by atoms with van der Waals surface area (Å²) in [6.45, 7) is 8.25. The summed E-state index contributed by atoms with van der Waals surface area (Å²) in [7, 11) is -3.67. The second kappa shape index (κ2) is 9.56. The number of rotatable bonds is 7. The maximum atomic E-state index is 13.5. The number of hydrogen-bond donors (Lipinski definition) is 0. The highest BCUT2D eigenvalue weighted by atomic mass is 32.2. The van der Waals surface area contributed by atoms with Gasteiger partial charge in [-0.3, -0.25) is 0 Å². The molecule has 0 N–H and O–H groups in total. The van der Waals surface area contributed by atoms with Gasteiger partial charge in [0, 0.05) is 26.2 Å². The van der Waals surface area contributed by atoms with Crippen molar-refractivity contribution in [2.45, 2.75) is 31.6 Å². The summed E-state index contributed by atoms with van der Waals surface area (Å²) in [5, 5.41) is 10.7. The fourth-order valence-corrected chi connectivity index (χ4v) is 5.99. The number of thiophene rings is 1. The summed E-state index contributed by atoms with van der Waals surface area (Å²) in [5.41, 5.74) is 1.82. The average molecular weight is 473 g/mol. The summed E-state index contributed by atoms with van der Waals surface area (Å²) in [6, 6.07) is 13.4. The first-order chi connectivity index (χ1) is 15.4. The number of sulfonamides is 1. The minimum Gasteiger partial charge on any atom is -0.492 e. The van der Waals surface area contributed by atoms with E-state index in [-0.39, 0.29) is 10.8 Å². The monoisotopic (exact) mass is 472 g/mol. The van der Waals surface area contributed by atoms with Crippen molar-refractivity contribution in [1.29, 1.82) is 0 Å². The fraction of sp³-hybridized carbons (Fsp3) is 0.391. The van der Waals surface area contributed by atoms with E-state index in [1.165, 1.54) is 0 Å². The molecule has 1 aliphatic rings. The van der Waals surface area contributed by atoms with Gasteiger partial charge in [-0.1, -0.05) is 26.0 Å². The van der Waals surface area contributed by atoms with E-state index in [1.807, 2.05) is 42.6 Å². The van der Waals surface area contributed by atoms with Crippen LogP contribution in [0.2, 0.25) is 0 Å². The van der Waals surface area contributed by atoms with E-state index in [4.69, 9.17) is 4.74 Å². The summed E-state index contributed by atoms with van der Waals surface area (Å²) in [6.07, 6.45) is 0. The van der Waals surface area contributed by atoms with Crippen LogP contribution in [0.1, 0.15) is 32.3 Å². The zero-order valence-electron chi connectivity index (χ0n) is 18.6. The summed E-state index contributed by atoms with van der Waals surface area (Å²) < 4.78 is 34.1. The minimum absolute atomic E-state index is 0.229. The number of hydrogen-bond acceptors (Lipinski definition) is 7. The van der Waals surface area contributed by atoms with E-state index in [9.17, 15) is 8.42 Å². The van der Waals surface area contributed by atoms with Crippen LogP contribution >= 0.6 is 11.3 Å². The van der Waals surface area contributed by atoms with Crippen LogP contribution in [0, 0.1) is 0 Å². The van der Waals surface area contributed by atoms with Gasteiger partial charge in [-0.15, -0.1) is 21.5 Å². The van der Waals surface area contributed by atoms with Gasteiger partial charge >= 0.3 is 0 Å². The first-order valence-electron chi connectivity index (χ1n) is 10.8. The first kappa shape index (κ1) is 22.7. The third kappa shape index (κ3) is 4.65. The van der Waals surface area contributed by atoms with E-state index in [2.05, 4.69) is 28.9 Å². The third-order valence-corrected chi connectivity index (χ3v) is 8.35. The molecule has 0 saturated carbocycles. The molecule has 4 rings (SSSR count). The van der Waals surface area contributed by atoms with Gasteiger partial charge in [0.05, 0.1) is 11.5 Å². The lowest BCUT2D eigenvalue weighted by Gasteiger charge is -2.34. The molecule has 9 heteroatoms. The molecule has 3 aromatic rings. The zero-order chi connectivity index (χ0) is 22.7. The van der Waals surface area contributed by atoms with Crippen LogP contribution < -0.4 is 9.64 Å². The molecular formula is C23H28N4O3S2. The van der Waals surface area contributed by atoms with Gasteiger partial charge in [0.1, 0.15) is 16.3 Å². The molecule has 1 aromatic carbocycles. The summed E-state index contributed by atoms with van der Waals surface area (Å²) in [4.78, 5) is 3.40. The number of benzene rings is 1. The highest BCUT2D eigenvalue weighted by molar-refractivity contribution is 7.89. The van der Waals surface area contributed by atoms with Crippen molar-refractivity contribution in [1.82, 2.24) is 14.5 Å². The number of ether oxygens (including phenoxy) is 1. The molecule has 1 fully saturated rings. The Bertz CT molecular complexity index is 1140. The predicted molar refractivity (Wildman–Crippen MR) is 128 cm³/mol. The molecule has 0 aliphatic carbocycles. The minimum atomic E-state index is -3.67. The normalized spacial score (nSPS) is 15.3. The van der Waals surface area contributed by atoms with Gasteiger partial charge in [-0.25, -0.2) is 8.42 Å². The highest BCUT2D eigenvalue weighted by Gasteiger charge is 2.32. The predicted octanol–water partition coefficient (Wildman–Crippen LogP) is 4.24. The first-order valence-corrected chi connectivity index (χ1v) is 13.1. The third-order valence-electron chi connectivity index (χ3n) is 5.54. The number of piperazine rings is 1. The van der Waals surface area contributed by atoms with Crippen molar-refractivity contribution in [2.24, 2.45) is 0 Å². The SMILES string of the molecule is CCOc1ccc(C(C)C)cc1S(=O)(=O)N1CCN(c2ccc(-c3cccs3)nn2)CC1. The molecule has 1 saturated heterocycles. The van der Waals surface area contributed by atoms with E-state index < -0.39 is 10.0 Å². The van der Waals surface area contributed by atoms with Crippen molar-refractivity contribution in [3.63, 3.8) is 0 Å². The van der Waals surface area contributed by atoms with E-state index in [0.717, 1.165) is 22.0 Å². The second-order valence-electron chi connectivity index (χ2n) is 7.94. The van der Waals surface area contributed by atoms with Gasteiger partial charge < -0.3 is 9.64 Å². The standard InChI is InChI=1S/C23H28N4O3S2/c1-4-30-20-9-7-18(17(2)3)16-22(20)32(28,29)27-13-11-26(12-14-27)23-10-8-19(24-25-23)21-6-5-15-31-21/h5-10,15-17H,4,11-14H2,1-3H3. The lowest BCUT2D eigenvalue weighted by molar-refractivity contribution is 0.327. The van der Waals surface area contributed by atoms with E-state index in [0.29, 0.717) is 38.5 Å². The molecule has 3 heterocycles. The van der Waals surface area contributed by atoms with Gasteiger partial charge in [-0.2, -0.15) is 4.31 Å². The molecule has 7 nitrogen and oxygen atoms in total. The molecule has 0 bridgehead atoms. The van der Waals surface area contributed by atoms with Crippen molar-refractivity contribution in [3.05, 3.63) is 53.4 Å². The molecule has 2 aromatic heterocycles. The molecule has 0 spiro atoms. The Morgan fingerprint density at radius 3 is 2.44 bits per heavy atom. The van der Waals surface area contributed by atoms with Gasteiger partial charge in [0.15, 0.2) is 5.82 Å². The van der Waals surface area contributed by atoms with Gasteiger partial charge in [-0.05, 0) is 54.1 Å². The Hall–Kier alpha value is -2.49. The van der Waals surface area contributed by atoms with Crippen molar-refractivity contribution in [2.75, 3.05) is 37.7 Å². The van der Waals surface area contributed by atoms with E-state index >= 15 is 0 Å². The average Bonchev–Trinajstić information content (AvgIpc) is 3.34. The summed E-state index contributed by atoms with van der Waals surface area (Å²) >= 11 is 1.63. The maximum Gasteiger partial charge on any atom is 0.246 e.